The third kappa shape index (κ3) is 5.00. The topological polar surface area (TPSA) is 155 Å². The number of fused-ring (bicyclic) bond motifs is 1. The maximum absolute atomic E-state index is 13.4. The molecule has 4 rings (SSSR count). The third-order valence-corrected chi connectivity index (χ3v) is 6.93. The van der Waals surface area contributed by atoms with Crippen LogP contribution in [0.2, 0.25) is 5.82 Å². The minimum atomic E-state index is -1.21. The molecule has 2 atom stereocenters. The number of Topliss-reactive ketones (excluding diaryl/α,β-unsaturated/α-hetero) is 1. The summed E-state index contributed by atoms with van der Waals surface area (Å²) in [6.07, 6.45) is 0.295. The maximum Gasteiger partial charge on any atom is 0.526 e. The highest BCUT2D eigenvalue weighted by Crippen LogP contribution is 2.37. The molecule has 11 nitrogen and oxygen atoms in total. The number of anilines is 1. The number of benzene rings is 1. The molecule has 1 saturated heterocycles. The molecule has 1 fully saturated rings. The Kier molecular flexibility index (Phi) is 7.08. The SMILES string of the molecule is CCN1CCN(C(=O)NC(C(=O)C[C@@H]2Cc3cccc(C)c3OB2O)c2csc(N)n2)C(=O)C1=O. The lowest BCUT2D eigenvalue weighted by Gasteiger charge is -2.33. The fraction of sp³-hybridized carbons (Fsp3) is 0.409. The van der Waals surface area contributed by atoms with Crippen LogP contribution in [0.5, 0.6) is 5.75 Å². The highest BCUT2D eigenvalue weighted by molar-refractivity contribution is 7.13. The van der Waals surface area contributed by atoms with Crippen LogP contribution in [0.1, 0.15) is 36.2 Å². The quantitative estimate of drug-likeness (QED) is 0.392. The molecule has 0 spiro atoms. The number of imide groups is 1. The molecular weight excluding hydrogens is 473 g/mol. The van der Waals surface area contributed by atoms with Crippen LogP contribution in [0.4, 0.5) is 9.93 Å². The first-order valence-electron chi connectivity index (χ1n) is 11.3. The Bertz CT molecular complexity index is 1170. The number of likely N-dealkylation sites (N-methyl/N-ethyl adjacent to an activating group) is 1. The molecule has 0 saturated carbocycles. The molecule has 1 aromatic carbocycles. The summed E-state index contributed by atoms with van der Waals surface area (Å²) in [4.78, 5) is 57.2. The van der Waals surface area contributed by atoms with Gasteiger partial charge in [0.15, 0.2) is 10.9 Å². The van der Waals surface area contributed by atoms with E-state index in [9.17, 15) is 24.2 Å². The van der Waals surface area contributed by atoms with Crippen LogP contribution < -0.4 is 15.7 Å². The van der Waals surface area contributed by atoms with Crippen LogP contribution in [0.3, 0.4) is 0 Å². The van der Waals surface area contributed by atoms with Gasteiger partial charge in [-0.3, -0.25) is 19.3 Å². The Labute approximate surface area is 206 Å². The molecule has 2 aromatic rings. The largest absolute Gasteiger partial charge is 0.536 e. The number of thiazole rings is 1. The third-order valence-electron chi connectivity index (χ3n) is 6.24. The van der Waals surface area contributed by atoms with E-state index < -0.39 is 42.6 Å². The predicted octanol–water partition coefficient (Wildman–Crippen LogP) is 0.920. The van der Waals surface area contributed by atoms with E-state index in [4.69, 9.17) is 10.4 Å². The summed E-state index contributed by atoms with van der Waals surface area (Å²) in [6.45, 7) is 4.19. The Morgan fingerprint density at radius 2 is 2.11 bits per heavy atom. The number of carbonyl (C=O) groups excluding carboxylic acids is 4. The second kappa shape index (κ2) is 10.0. The summed E-state index contributed by atoms with van der Waals surface area (Å²) in [6, 6.07) is 3.55. The zero-order valence-electron chi connectivity index (χ0n) is 19.4. The molecule has 35 heavy (non-hydrogen) atoms. The molecule has 1 unspecified atom stereocenters. The molecule has 13 heteroatoms. The molecule has 0 aliphatic carbocycles. The highest BCUT2D eigenvalue weighted by Gasteiger charge is 2.40. The number of hydrogen-bond acceptors (Lipinski definition) is 9. The monoisotopic (exact) mass is 499 g/mol. The van der Waals surface area contributed by atoms with Gasteiger partial charge in [-0.1, -0.05) is 18.2 Å². The van der Waals surface area contributed by atoms with Gasteiger partial charge in [-0.15, -0.1) is 11.3 Å². The van der Waals surface area contributed by atoms with E-state index in [1.54, 1.807) is 12.3 Å². The molecule has 4 N–H and O–H groups in total. The molecule has 0 bridgehead atoms. The van der Waals surface area contributed by atoms with E-state index in [0.717, 1.165) is 27.4 Å². The Hall–Kier alpha value is -3.45. The average Bonchev–Trinajstić information content (AvgIpc) is 3.26. The number of ketones is 1. The van der Waals surface area contributed by atoms with Crippen LogP contribution in [-0.2, 0) is 20.8 Å². The number of nitrogens with two attached hydrogens (primary N) is 1. The predicted molar refractivity (Wildman–Crippen MR) is 129 cm³/mol. The number of urea groups is 1. The van der Waals surface area contributed by atoms with Crippen molar-refractivity contribution in [3.8, 4) is 5.75 Å². The fourth-order valence-corrected chi connectivity index (χ4v) is 4.90. The van der Waals surface area contributed by atoms with Crippen molar-refractivity contribution in [3.05, 3.63) is 40.4 Å². The van der Waals surface area contributed by atoms with Gasteiger partial charge in [-0.05, 0) is 31.4 Å². The first kappa shape index (κ1) is 24.7. The first-order valence-corrected chi connectivity index (χ1v) is 12.2. The van der Waals surface area contributed by atoms with E-state index in [1.165, 1.54) is 4.90 Å². The van der Waals surface area contributed by atoms with Crippen molar-refractivity contribution in [2.45, 2.75) is 38.5 Å². The van der Waals surface area contributed by atoms with E-state index >= 15 is 0 Å². The number of nitrogens with one attached hydrogen (secondary N) is 1. The first-order chi connectivity index (χ1) is 16.7. The Morgan fingerprint density at radius 3 is 2.80 bits per heavy atom. The number of piperazine rings is 1. The zero-order chi connectivity index (χ0) is 25.3. The van der Waals surface area contributed by atoms with Crippen molar-refractivity contribution < 1.29 is 28.9 Å². The number of amides is 4. The number of rotatable bonds is 6. The van der Waals surface area contributed by atoms with Gasteiger partial charge in [-0.25, -0.2) is 9.78 Å². The molecule has 2 aliphatic heterocycles. The summed E-state index contributed by atoms with van der Waals surface area (Å²) >= 11 is 1.10. The summed E-state index contributed by atoms with van der Waals surface area (Å²) in [7, 11) is -1.20. The van der Waals surface area contributed by atoms with Crippen molar-refractivity contribution in [1.29, 1.82) is 0 Å². The summed E-state index contributed by atoms with van der Waals surface area (Å²) in [5.41, 5.74) is 7.73. The lowest BCUT2D eigenvalue weighted by atomic mass is 9.64. The van der Waals surface area contributed by atoms with Gasteiger partial charge >= 0.3 is 25.0 Å². The van der Waals surface area contributed by atoms with Crippen molar-refractivity contribution >= 4 is 47.2 Å². The lowest BCUT2D eigenvalue weighted by Crippen LogP contribution is -2.58. The van der Waals surface area contributed by atoms with Gasteiger partial charge in [0, 0.05) is 37.3 Å². The van der Waals surface area contributed by atoms with Crippen LogP contribution in [0.25, 0.3) is 0 Å². The van der Waals surface area contributed by atoms with E-state index in [1.807, 2.05) is 25.1 Å². The molecule has 1 aromatic heterocycles. The average molecular weight is 499 g/mol. The Morgan fingerprint density at radius 1 is 1.34 bits per heavy atom. The molecule has 184 valence electrons. The highest BCUT2D eigenvalue weighted by atomic mass is 32.1. The number of aromatic nitrogens is 1. The van der Waals surface area contributed by atoms with Crippen LogP contribution in [-0.4, -0.2) is 70.2 Å². The van der Waals surface area contributed by atoms with Gasteiger partial charge < -0.3 is 25.6 Å². The molecular formula is C22H26BN5O6S. The van der Waals surface area contributed by atoms with E-state index in [-0.39, 0.29) is 30.3 Å². The fourth-order valence-electron chi connectivity index (χ4n) is 4.32. The number of nitrogens with zero attached hydrogens (tertiary/aromatic N) is 3. The molecule has 0 radical (unpaired) electrons. The summed E-state index contributed by atoms with van der Waals surface area (Å²) in [5.74, 6) is -2.11. The van der Waals surface area contributed by atoms with Gasteiger partial charge in [0.2, 0.25) is 0 Å². The molecule has 3 heterocycles. The van der Waals surface area contributed by atoms with Gasteiger partial charge in [-0.2, -0.15) is 0 Å². The van der Waals surface area contributed by atoms with E-state index in [0.29, 0.717) is 18.7 Å². The van der Waals surface area contributed by atoms with Crippen molar-refractivity contribution in [3.63, 3.8) is 0 Å². The summed E-state index contributed by atoms with van der Waals surface area (Å²) < 4.78 is 5.68. The van der Waals surface area contributed by atoms with Gasteiger partial charge in [0.05, 0.1) is 5.69 Å². The zero-order valence-corrected chi connectivity index (χ0v) is 20.2. The second-order valence-electron chi connectivity index (χ2n) is 8.54. The normalized spacial score (nSPS) is 18.7. The number of carbonyl (C=O) groups is 4. The minimum Gasteiger partial charge on any atom is -0.536 e. The van der Waals surface area contributed by atoms with Gasteiger partial charge in [0.25, 0.3) is 0 Å². The van der Waals surface area contributed by atoms with Crippen LogP contribution in [0.15, 0.2) is 23.6 Å². The standard InChI is InChI=1S/C22H26BN5O6S/c1-3-27-7-8-28(20(31)19(27)30)22(32)26-17(15-11-35-21(24)25-15)16(29)10-14-9-13-6-4-5-12(2)18(13)34-23(14)33/h4-6,11,14,17,33H,3,7-10H2,1-2H3,(H2,24,25)(H,26,32)/t14-,17?/m0/s1. The number of nitrogen functional groups attached to an aromatic ring is 1. The summed E-state index contributed by atoms with van der Waals surface area (Å²) in [5, 5.41) is 14.9. The smallest absolute Gasteiger partial charge is 0.526 e. The number of para-hydroxylation sites is 1. The van der Waals surface area contributed by atoms with Crippen molar-refractivity contribution in [2.24, 2.45) is 0 Å². The Balaban J connectivity index is 1.51. The lowest BCUT2D eigenvalue weighted by molar-refractivity contribution is -0.153. The second-order valence-corrected chi connectivity index (χ2v) is 9.43. The van der Waals surface area contributed by atoms with E-state index in [2.05, 4.69) is 10.3 Å². The molecule has 4 amide bonds. The number of aryl methyl sites for hydroxylation is 1. The van der Waals surface area contributed by atoms with Crippen LogP contribution >= 0.6 is 11.3 Å². The van der Waals surface area contributed by atoms with Crippen LogP contribution in [0, 0.1) is 6.92 Å². The van der Waals surface area contributed by atoms with Gasteiger partial charge in [0.1, 0.15) is 11.8 Å². The van der Waals surface area contributed by atoms with Crippen molar-refractivity contribution in [1.82, 2.24) is 20.1 Å². The minimum absolute atomic E-state index is 0.00960. The molecule has 2 aliphatic rings. The van der Waals surface area contributed by atoms with Crippen molar-refractivity contribution in [2.75, 3.05) is 25.4 Å². The maximum atomic E-state index is 13.4. The number of hydrogen-bond donors (Lipinski definition) is 3.